The van der Waals surface area contributed by atoms with Crippen LogP contribution in [-0.2, 0) is 14.1 Å². The van der Waals surface area contributed by atoms with E-state index in [-0.39, 0.29) is 11.8 Å². The first-order chi connectivity index (χ1) is 14.5. The van der Waals surface area contributed by atoms with Gasteiger partial charge in [-0.3, -0.25) is 9.59 Å². The van der Waals surface area contributed by atoms with Crippen LogP contribution in [0.5, 0.6) is 0 Å². The van der Waals surface area contributed by atoms with Gasteiger partial charge in [0.25, 0.3) is 11.8 Å². The highest BCUT2D eigenvalue weighted by molar-refractivity contribution is 6.08. The second-order valence-electron chi connectivity index (χ2n) is 7.93. The molecule has 2 aromatic carbocycles. The molecule has 0 spiro atoms. The van der Waals surface area contributed by atoms with Crippen molar-refractivity contribution < 1.29 is 9.59 Å². The largest absolute Gasteiger partial charge is 0.350 e. The minimum Gasteiger partial charge on any atom is -0.350 e. The molecular weight excluding hydrogens is 376 g/mol. The van der Waals surface area contributed by atoms with Gasteiger partial charge in [-0.2, -0.15) is 0 Å². The number of rotatable bonds is 2. The number of para-hydroxylation sites is 2. The highest BCUT2D eigenvalue weighted by atomic mass is 16.2. The van der Waals surface area contributed by atoms with Gasteiger partial charge in [0.1, 0.15) is 0 Å². The standard InChI is InChI=1S/C24H24N4O2/c1-25-15-19(17-7-3-5-9-21(17)25)23(29)27-11-13-28(14-12-27)24(30)20-16-26(2)22-10-6-4-8-18(20)22/h3-10,15-16H,11-14H2,1-2H3. The van der Waals surface area contributed by atoms with Crippen LogP contribution in [0.2, 0.25) is 0 Å². The fourth-order valence-corrected chi connectivity index (χ4v) is 4.48. The summed E-state index contributed by atoms with van der Waals surface area (Å²) in [5, 5.41) is 1.94. The van der Waals surface area contributed by atoms with Crippen molar-refractivity contribution in [2.24, 2.45) is 14.1 Å². The van der Waals surface area contributed by atoms with Crippen LogP contribution < -0.4 is 0 Å². The topological polar surface area (TPSA) is 50.5 Å². The molecule has 1 fully saturated rings. The molecule has 1 saturated heterocycles. The second-order valence-corrected chi connectivity index (χ2v) is 7.93. The Balaban J connectivity index is 1.33. The molecular formula is C24H24N4O2. The first kappa shape index (κ1) is 18.5. The van der Waals surface area contributed by atoms with Crippen LogP contribution in [0.4, 0.5) is 0 Å². The molecule has 152 valence electrons. The molecule has 6 nitrogen and oxygen atoms in total. The summed E-state index contributed by atoms with van der Waals surface area (Å²) >= 11 is 0. The first-order valence-corrected chi connectivity index (χ1v) is 10.2. The predicted molar refractivity (Wildman–Crippen MR) is 118 cm³/mol. The molecule has 1 aliphatic heterocycles. The molecule has 0 bridgehead atoms. The summed E-state index contributed by atoms with van der Waals surface area (Å²) in [6.07, 6.45) is 3.81. The number of aryl methyl sites for hydroxylation is 2. The number of fused-ring (bicyclic) bond motifs is 2. The van der Waals surface area contributed by atoms with E-state index in [1.165, 1.54) is 0 Å². The highest BCUT2D eigenvalue weighted by Gasteiger charge is 2.28. The Morgan fingerprint density at radius 2 is 1.00 bits per heavy atom. The van der Waals surface area contributed by atoms with E-state index in [4.69, 9.17) is 0 Å². The van der Waals surface area contributed by atoms with Crippen LogP contribution >= 0.6 is 0 Å². The number of aromatic nitrogens is 2. The summed E-state index contributed by atoms with van der Waals surface area (Å²) in [5.74, 6) is 0.0631. The van der Waals surface area contributed by atoms with E-state index in [2.05, 4.69) is 0 Å². The van der Waals surface area contributed by atoms with Gasteiger partial charge in [0.15, 0.2) is 0 Å². The Bertz CT molecular complexity index is 1180. The maximum Gasteiger partial charge on any atom is 0.256 e. The Morgan fingerprint density at radius 1 is 0.633 bits per heavy atom. The van der Waals surface area contributed by atoms with E-state index in [1.54, 1.807) is 0 Å². The third-order valence-corrected chi connectivity index (χ3v) is 6.11. The number of amides is 2. The molecule has 0 radical (unpaired) electrons. The van der Waals surface area contributed by atoms with Crippen LogP contribution in [0, 0.1) is 0 Å². The second kappa shape index (κ2) is 7.06. The third-order valence-electron chi connectivity index (χ3n) is 6.11. The minimum atomic E-state index is 0.0315. The van der Waals surface area contributed by atoms with Crippen LogP contribution in [0.25, 0.3) is 21.8 Å². The van der Waals surface area contributed by atoms with E-state index < -0.39 is 0 Å². The van der Waals surface area contributed by atoms with Crippen molar-refractivity contribution in [3.63, 3.8) is 0 Å². The van der Waals surface area contributed by atoms with E-state index in [1.807, 2.05) is 94.0 Å². The van der Waals surface area contributed by atoms with Crippen molar-refractivity contribution in [1.82, 2.24) is 18.9 Å². The molecule has 30 heavy (non-hydrogen) atoms. The van der Waals surface area contributed by atoms with E-state index >= 15 is 0 Å². The third kappa shape index (κ3) is 2.87. The number of piperazine rings is 1. The van der Waals surface area contributed by atoms with Gasteiger partial charge in [-0.25, -0.2) is 0 Å². The van der Waals surface area contributed by atoms with E-state index in [9.17, 15) is 9.59 Å². The van der Waals surface area contributed by atoms with E-state index in [0.29, 0.717) is 26.2 Å². The lowest BCUT2D eigenvalue weighted by molar-refractivity contribution is 0.0537. The maximum atomic E-state index is 13.2. The summed E-state index contributed by atoms with van der Waals surface area (Å²) in [7, 11) is 3.92. The predicted octanol–water partition coefficient (Wildman–Crippen LogP) is 3.27. The zero-order valence-electron chi connectivity index (χ0n) is 17.2. The van der Waals surface area contributed by atoms with Crippen LogP contribution in [0.1, 0.15) is 20.7 Å². The lowest BCUT2D eigenvalue weighted by Crippen LogP contribution is -2.50. The van der Waals surface area contributed by atoms with Crippen molar-refractivity contribution in [1.29, 1.82) is 0 Å². The van der Waals surface area contributed by atoms with Crippen molar-refractivity contribution in [3.05, 3.63) is 72.1 Å². The zero-order valence-corrected chi connectivity index (χ0v) is 17.2. The van der Waals surface area contributed by atoms with Gasteiger partial charge in [-0.1, -0.05) is 36.4 Å². The minimum absolute atomic E-state index is 0.0315. The molecule has 0 saturated carbocycles. The van der Waals surface area contributed by atoms with Gasteiger partial charge in [0.05, 0.1) is 11.1 Å². The summed E-state index contributed by atoms with van der Waals surface area (Å²) in [6, 6.07) is 15.9. The number of benzene rings is 2. The van der Waals surface area contributed by atoms with Crippen molar-refractivity contribution in [2.45, 2.75) is 0 Å². The van der Waals surface area contributed by atoms with Gasteiger partial charge in [-0.15, -0.1) is 0 Å². The van der Waals surface area contributed by atoms with Gasteiger partial charge < -0.3 is 18.9 Å². The molecule has 1 aliphatic rings. The molecule has 2 aromatic heterocycles. The smallest absolute Gasteiger partial charge is 0.256 e. The fraction of sp³-hybridized carbons (Fsp3) is 0.250. The monoisotopic (exact) mass is 400 g/mol. The van der Waals surface area contributed by atoms with E-state index in [0.717, 1.165) is 32.9 Å². The van der Waals surface area contributed by atoms with Crippen molar-refractivity contribution >= 4 is 33.6 Å². The normalized spacial score (nSPS) is 14.6. The van der Waals surface area contributed by atoms with Crippen LogP contribution in [0.3, 0.4) is 0 Å². The number of carbonyl (C=O) groups excluding carboxylic acids is 2. The Hall–Kier alpha value is -3.54. The molecule has 0 aliphatic carbocycles. The molecule has 0 unspecified atom stereocenters. The van der Waals surface area contributed by atoms with Crippen molar-refractivity contribution in [2.75, 3.05) is 26.2 Å². The molecule has 5 rings (SSSR count). The van der Waals surface area contributed by atoms with Gasteiger partial charge in [-0.05, 0) is 12.1 Å². The Kier molecular flexibility index (Phi) is 4.35. The SMILES string of the molecule is Cn1cc(C(=O)N2CCN(C(=O)c3cn(C)c4ccccc34)CC2)c2ccccc21. The van der Waals surface area contributed by atoms with Gasteiger partial charge in [0.2, 0.25) is 0 Å². The quantitative estimate of drug-likeness (QED) is 0.519. The first-order valence-electron chi connectivity index (χ1n) is 10.2. The lowest BCUT2D eigenvalue weighted by Gasteiger charge is -2.34. The maximum absolute atomic E-state index is 13.2. The van der Waals surface area contributed by atoms with Crippen molar-refractivity contribution in [3.8, 4) is 0 Å². The summed E-state index contributed by atoms with van der Waals surface area (Å²) in [5.41, 5.74) is 3.54. The Morgan fingerprint density at radius 3 is 1.40 bits per heavy atom. The molecule has 0 N–H and O–H groups in total. The van der Waals surface area contributed by atoms with Crippen LogP contribution in [0.15, 0.2) is 60.9 Å². The zero-order chi connectivity index (χ0) is 20.8. The molecule has 2 amide bonds. The van der Waals surface area contributed by atoms with Crippen LogP contribution in [-0.4, -0.2) is 56.9 Å². The molecule has 4 aromatic rings. The summed E-state index contributed by atoms with van der Waals surface area (Å²) in [6.45, 7) is 2.16. The number of carbonyl (C=O) groups is 2. The number of hydrogen-bond donors (Lipinski definition) is 0. The molecule has 0 atom stereocenters. The summed E-state index contributed by atoms with van der Waals surface area (Å²) in [4.78, 5) is 30.0. The lowest BCUT2D eigenvalue weighted by atomic mass is 10.1. The Labute approximate surface area is 174 Å². The average Bonchev–Trinajstić information content (AvgIpc) is 3.31. The molecule has 3 heterocycles. The fourth-order valence-electron chi connectivity index (χ4n) is 4.48. The summed E-state index contributed by atoms with van der Waals surface area (Å²) < 4.78 is 3.98. The van der Waals surface area contributed by atoms with Gasteiger partial charge >= 0.3 is 0 Å². The number of nitrogens with zero attached hydrogens (tertiary/aromatic N) is 4. The highest BCUT2D eigenvalue weighted by Crippen LogP contribution is 2.24. The average molecular weight is 400 g/mol. The van der Waals surface area contributed by atoms with Gasteiger partial charge in [0, 0.05) is 74.5 Å². The number of hydrogen-bond acceptors (Lipinski definition) is 2. The molecule has 6 heteroatoms.